The number of aryl methyl sites for hydroxylation is 2. The van der Waals surface area contributed by atoms with Crippen LogP contribution in [0.3, 0.4) is 0 Å². The average molecular weight is 266 g/mol. The van der Waals surface area contributed by atoms with Crippen molar-refractivity contribution in [2.24, 2.45) is 11.3 Å². The summed E-state index contributed by atoms with van der Waals surface area (Å²) < 4.78 is 0. The number of nitrogens with zero attached hydrogens (tertiary/aromatic N) is 1. The molecule has 1 aromatic heterocycles. The number of rotatable bonds is 6. The molecule has 3 heteroatoms. The minimum Gasteiger partial charge on any atom is -0.314 e. The summed E-state index contributed by atoms with van der Waals surface area (Å²) in [7, 11) is 0. The molecule has 0 amide bonds. The Hall–Kier alpha value is -0.410. The molecule has 1 aliphatic rings. The summed E-state index contributed by atoms with van der Waals surface area (Å²) in [6.07, 6.45) is 3.94. The molecule has 0 aliphatic heterocycles. The molecule has 0 spiro atoms. The van der Waals surface area contributed by atoms with Gasteiger partial charge in [-0.1, -0.05) is 20.8 Å². The molecule has 1 unspecified atom stereocenters. The fourth-order valence-corrected chi connectivity index (χ4v) is 3.66. The lowest BCUT2D eigenvalue weighted by molar-refractivity contribution is 0.248. The number of hydrogen-bond acceptors (Lipinski definition) is 3. The predicted octanol–water partition coefficient (Wildman–Crippen LogP) is 3.72. The first-order valence-corrected chi connectivity index (χ1v) is 7.88. The van der Waals surface area contributed by atoms with Crippen LogP contribution >= 0.6 is 11.3 Å². The Kier molecular flexibility index (Phi) is 4.12. The second-order valence-corrected chi connectivity index (χ2v) is 7.68. The third-order valence-corrected chi connectivity index (χ3v) is 5.18. The number of thiazole rings is 1. The van der Waals surface area contributed by atoms with Gasteiger partial charge in [-0.05, 0) is 38.0 Å². The van der Waals surface area contributed by atoms with Gasteiger partial charge in [-0.2, -0.15) is 0 Å². The van der Waals surface area contributed by atoms with Gasteiger partial charge >= 0.3 is 0 Å². The minimum absolute atomic E-state index is 0.390. The van der Waals surface area contributed by atoms with E-state index in [1.807, 2.05) is 11.3 Å². The maximum atomic E-state index is 4.72. The fourth-order valence-electron chi connectivity index (χ4n) is 2.53. The van der Waals surface area contributed by atoms with Crippen molar-refractivity contribution in [2.75, 3.05) is 6.54 Å². The van der Waals surface area contributed by atoms with E-state index in [1.165, 1.54) is 28.4 Å². The van der Waals surface area contributed by atoms with E-state index in [0.29, 0.717) is 11.5 Å². The normalized spacial score (nSPS) is 19.2. The summed E-state index contributed by atoms with van der Waals surface area (Å²) in [6.45, 7) is 12.3. The molecule has 1 aliphatic carbocycles. The van der Waals surface area contributed by atoms with Gasteiger partial charge in [0.1, 0.15) is 0 Å². The highest BCUT2D eigenvalue weighted by Gasteiger charge is 2.41. The molecule has 0 saturated heterocycles. The van der Waals surface area contributed by atoms with E-state index < -0.39 is 0 Å². The van der Waals surface area contributed by atoms with Crippen molar-refractivity contribution in [3.8, 4) is 0 Å². The van der Waals surface area contributed by atoms with Gasteiger partial charge < -0.3 is 5.32 Å². The van der Waals surface area contributed by atoms with Crippen molar-refractivity contribution in [3.05, 3.63) is 15.6 Å². The zero-order chi connectivity index (χ0) is 13.3. The van der Waals surface area contributed by atoms with Crippen LogP contribution in [0.15, 0.2) is 0 Å². The van der Waals surface area contributed by atoms with E-state index in [0.717, 1.165) is 18.9 Å². The van der Waals surface area contributed by atoms with E-state index >= 15 is 0 Å². The number of aromatic nitrogens is 1. The third-order valence-electron chi connectivity index (χ3n) is 4.10. The van der Waals surface area contributed by atoms with Crippen LogP contribution in [0.5, 0.6) is 0 Å². The maximum absolute atomic E-state index is 4.72. The van der Waals surface area contributed by atoms with Crippen LogP contribution in [0, 0.1) is 25.2 Å². The van der Waals surface area contributed by atoms with E-state index in [1.54, 1.807) is 0 Å². The minimum atomic E-state index is 0.390. The SMILES string of the molecule is Cc1nc(CC(C)(CNC(C)C)C2CC2)sc1C. The van der Waals surface area contributed by atoms with Crippen LogP contribution in [0.4, 0.5) is 0 Å². The molecule has 0 aromatic carbocycles. The van der Waals surface area contributed by atoms with Crippen molar-refractivity contribution in [1.29, 1.82) is 0 Å². The largest absolute Gasteiger partial charge is 0.314 e. The van der Waals surface area contributed by atoms with Gasteiger partial charge in [0.15, 0.2) is 0 Å². The molecular formula is C15H26N2S. The molecule has 2 nitrogen and oxygen atoms in total. The summed E-state index contributed by atoms with van der Waals surface area (Å²) in [5, 5.41) is 4.95. The van der Waals surface area contributed by atoms with Gasteiger partial charge in [0.2, 0.25) is 0 Å². The summed E-state index contributed by atoms with van der Waals surface area (Å²) >= 11 is 1.88. The zero-order valence-corrected chi connectivity index (χ0v) is 13.2. The quantitative estimate of drug-likeness (QED) is 0.849. The van der Waals surface area contributed by atoms with Crippen LogP contribution in [-0.2, 0) is 6.42 Å². The highest BCUT2D eigenvalue weighted by molar-refractivity contribution is 7.11. The predicted molar refractivity (Wildman–Crippen MR) is 79.3 cm³/mol. The maximum Gasteiger partial charge on any atom is 0.0936 e. The van der Waals surface area contributed by atoms with Crippen LogP contribution in [0.2, 0.25) is 0 Å². The van der Waals surface area contributed by atoms with Crippen molar-refractivity contribution < 1.29 is 0 Å². The molecule has 1 aromatic rings. The van der Waals surface area contributed by atoms with Crippen molar-refractivity contribution in [2.45, 2.75) is 59.9 Å². The van der Waals surface area contributed by atoms with Crippen LogP contribution in [0.1, 0.15) is 49.2 Å². The molecule has 1 fully saturated rings. The van der Waals surface area contributed by atoms with Gasteiger partial charge in [0.05, 0.1) is 10.7 Å². The summed E-state index contributed by atoms with van der Waals surface area (Å²) in [4.78, 5) is 6.10. The average Bonchev–Trinajstić information content (AvgIpc) is 3.06. The monoisotopic (exact) mass is 266 g/mol. The second kappa shape index (κ2) is 5.30. The summed E-state index contributed by atoms with van der Waals surface area (Å²) in [5.41, 5.74) is 1.60. The van der Waals surface area contributed by atoms with E-state index in [2.05, 4.69) is 39.9 Å². The van der Waals surface area contributed by atoms with Gasteiger partial charge in [-0.15, -0.1) is 11.3 Å². The van der Waals surface area contributed by atoms with Gasteiger partial charge in [0.25, 0.3) is 0 Å². The molecule has 2 rings (SSSR count). The molecule has 1 atom stereocenters. The standard InChI is InChI=1S/C15H26N2S/c1-10(2)16-9-15(5,13-6-7-13)8-14-17-11(3)12(4)18-14/h10,13,16H,6-9H2,1-5H3. The van der Waals surface area contributed by atoms with Crippen molar-refractivity contribution in [1.82, 2.24) is 10.3 Å². The van der Waals surface area contributed by atoms with Crippen molar-refractivity contribution >= 4 is 11.3 Å². The summed E-state index contributed by atoms with van der Waals surface area (Å²) in [5.74, 6) is 0.897. The molecule has 1 N–H and O–H groups in total. The van der Waals surface area contributed by atoms with Crippen LogP contribution in [-0.4, -0.2) is 17.6 Å². The molecule has 1 heterocycles. The van der Waals surface area contributed by atoms with Gasteiger partial charge in [0, 0.05) is 23.9 Å². The topological polar surface area (TPSA) is 24.9 Å². The Labute approximate surface area is 115 Å². The Morgan fingerprint density at radius 1 is 1.39 bits per heavy atom. The first kappa shape index (κ1) is 14.0. The first-order valence-electron chi connectivity index (χ1n) is 7.07. The van der Waals surface area contributed by atoms with Gasteiger partial charge in [-0.3, -0.25) is 0 Å². The molecule has 0 bridgehead atoms. The molecule has 1 saturated carbocycles. The zero-order valence-electron chi connectivity index (χ0n) is 12.3. The molecule has 18 heavy (non-hydrogen) atoms. The highest BCUT2D eigenvalue weighted by Crippen LogP contribution is 2.47. The second-order valence-electron chi connectivity index (χ2n) is 6.39. The molecule has 0 radical (unpaired) electrons. The Morgan fingerprint density at radius 2 is 2.06 bits per heavy atom. The van der Waals surface area contributed by atoms with E-state index in [-0.39, 0.29) is 0 Å². The smallest absolute Gasteiger partial charge is 0.0936 e. The van der Waals surface area contributed by atoms with Crippen LogP contribution < -0.4 is 5.32 Å². The van der Waals surface area contributed by atoms with Crippen LogP contribution in [0.25, 0.3) is 0 Å². The lowest BCUT2D eigenvalue weighted by atomic mass is 9.81. The first-order chi connectivity index (χ1) is 8.40. The highest BCUT2D eigenvalue weighted by atomic mass is 32.1. The third kappa shape index (κ3) is 3.33. The molecular weight excluding hydrogens is 240 g/mol. The Morgan fingerprint density at radius 3 is 2.50 bits per heavy atom. The number of hydrogen-bond donors (Lipinski definition) is 1. The van der Waals surface area contributed by atoms with E-state index in [4.69, 9.17) is 4.98 Å². The lowest BCUT2D eigenvalue weighted by Crippen LogP contribution is -2.38. The summed E-state index contributed by atoms with van der Waals surface area (Å²) in [6, 6.07) is 0.572. The fraction of sp³-hybridized carbons (Fsp3) is 0.800. The Balaban J connectivity index is 2.05. The van der Waals surface area contributed by atoms with Crippen molar-refractivity contribution in [3.63, 3.8) is 0 Å². The molecule has 102 valence electrons. The van der Waals surface area contributed by atoms with Gasteiger partial charge in [-0.25, -0.2) is 4.98 Å². The van der Waals surface area contributed by atoms with E-state index in [9.17, 15) is 0 Å². The lowest BCUT2D eigenvalue weighted by Gasteiger charge is -2.30. The number of nitrogens with one attached hydrogen (secondary N) is 1. The Bertz CT molecular complexity index is 387.